The van der Waals surface area contributed by atoms with Crippen molar-refractivity contribution in [2.75, 3.05) is 19.4 Å². The number of hydrogen-bond donors (Lipinski definition) is 1. The van der Waals surface area contributed by atoms with Gasteiger partial charge < -0.3 is 5.32 Å². The number of sulfonamides is 1. The molecule has 1 N–H and O–H groups in total. The van der Waals surface area contributed by atoms with Crippen molar-refractivity contribution in [3.05, 3.63) is 65.2 Å². The maximum absolute atomic E-state index is 12.0. The van der Waals surface area contributed by atoms with Gasteiger partial charge in [0.15, 0.2) is 0 Å². The maximum atomic E-state index is 12.0. The van der Waals surface area contributed by atoms with Crippen molar-refractivity contribution in [1.82, 2.24) is 4.31 Å². The number of nitrogens with zero attached hydrogens (tertiary/aromatic N) is 1. The minimum absolute atomic E-state index is 0.167. The lowest BCUT2D eigenvalue weighted by Gasteiger charge is -2.11. The Morgan fingerprint density at radius 2 is 1.79 bits per heavy atom. The first-order valence-corrected chi connectivity index (χ1v) is 8.88. The van der Waals surface area contributed by atoms with E-state index in [9.17, 15) is 13.2 Å². The summed E-state index contributed by atoms with van der Waals surface area (Å²) in [6, 6.07) is 13.1. The molecule has 7 heteroatoms. The molecule has 0 heterocycles. The van der Waals surface area contributed by atoms with Gasteiger partial charge in [0.2, 0.25) is 15.9 Å². The molecule has 126 valence electrons. The summed E-state index contributed by atoms with van der Waals surface area (Å²) >= 11 is 5.88. The highest BCUT2D eigenvalue weighted by molar-refractivity contribution is 7.89. The Balaban J connectivity index is 2.05. The third-order valence-corrected chi connectivity index (χ3v) is 5.24. The number of rotatable bonds is 5. The summed E-state index contributed by atoms with van der Waals surface area (Å²) in [7, 11) is -0.550. The van der Waals surface area contributed by atoms with Crippen LogP contribution < -0.4 is 5.32 Å². The number of carbonyl (C=O) groups excluding carboxylic acids is 1. The summed E-state index contributed by atoms with van der Waals surface area (Å²) in [6.45, 7) is 0. The minimum atomic E-state index is -3.48. The Labute approximate surface area is 146 Å². The topological polar surface area (TPSA) is 66.5 Å². The smallest absolute Gasteiger partial charge is 0.248 e. The van der Waals surface area contributed by atoms with E-state index in [1.165, 1.54) is 32.3 Å². The van der Waals surface area contributed by atoms with Gasteiger partial charge in [-0.3, -0.25) is 4.79 Å². The van der Waals surface area contributed by atoms with E-state index in [0.29, 0.717) is 10.7 Å². The lowest BCUT2D eigenvalue weighted by atomic mass is 10.2. The highest BCUT2D eigenvalue weighted by atomic mass is 35.5. The average molecular weight is 365 g/mol. The van der Waals surface area contributed by atoms with E-state index in [2.05, 4.69) is 5.32 Å². The number of benzene rings is 2. The van der Waals surface area contributed by atoms with Gasteiger partial charge in [0.25, 0.3) is 0 Å². The first-order valence-electron chi connectivity index (χ1n) is 7.06. The summed E-state index contributed by atoms with van der Waals surface area (Å²) in [5, 5.41) is 3.26. The molecular formula is C17H17ClN2O3S. The van der Waals surface area contributed by atoms with E-state index in [1.54, 1.807) is 36.4 Å². The molecule has 24 heavy (non-hydrogen) atoms. The van der Waals surface area contributed by atoms with Gasteiger partial charge in [-0.2, -0.15) is 0 Å². The van der Waals surface area contributed by atoms with Crippen molar-refractivity contribution < 1.29 is 13.2 Å². The first kappa shape index (κ1) is 18.2. The molecule has 2 aromatic rings. The number of nitrogens with one attached hydrogen (secondary N) is 1. The average Bonchev–Trinajstić information content (AvgIpc) is 2.53. The Kier molecular flexibility index (Phi) is 5.77. The van der Waals surface area contributed by atoms with Gasteiger partial charge in [0.1, 0.15) is 0 Å². The standard InChI is InChI=1S/C17H17ClN2O3S/c1-20(2)24(22,23)16-9-7-15(8-10-16)19-17(21)11-6-13-4-3-5-14(18)12-13/h3-12H,1-2H3,(H,19,21). The highest BCUT2D eigenvalue weighted by Gasteiger charge is 2.16. The van der Waals surface area contributed by atoms with E-state index in [-0.39, 0.29) is 10.8 Å². The minimum Gasteiger partial charge on any atom is -0.323 e. The quantitative estimate of drug-likeness (QED) is 0.828. The van der Waals surface area contributed by atoms with Crippen molar-refractivity contribution in [1.29, 1.82) is 0 Å². The van der Waals surface area contributed by atoms with Crippen molar-refractivity contribution in [3.8, 4) is 0 Å². The molecule has 0 aliphatic heterocycles. The molecule has 0 bridgehead atoms. The summed E-state index contributed by atoms with van der Waals surface area (Å²) < 4.78 is 25.1. The van der Waals surface area contributed by atoms with Crippen molar-refractivity contribution in [2.24, 2.45) is 0 Å². The molecule has 0 aliphatic rings. The Hall–Kier alpha value is -2.15. The van der Waals surface area contributed by atoms with Gasteiger partial charge in [-0.25, -0.2) is 12.7 Å². The summed E-state index contributed by atoms with van der Waals surface area (Å²) in [5.74, 6) is -0.321. The largest absolute Gasteiger partial charge is 0.323 e. The summed E-state index contributed by atoms with van der Waals surface area (Å²) in [6.07, 6.45) is 3.03. The second-order valence-corrected chi connectivity index (χ2v) is 7.78. The van der Waals surface area contributed by atoms with Crippen LogP contribution in [0.3, 0.4) is 0 Å². The van der Waals surface area contributed by atoms with Crippen molar-refractivity contribution >= 4 is 39.3 Å². The number of hydrogen-bond acceptors (Lipinski definition) is 3. The van der Waals surface area contributed by atoms with Gasteiger partial charge in [-0.1, -0.05) is 23.7 Å². The summed E-state index contributed by atoms with van der Waals surface area (Å²) in [5.41, 5.74) is 1.32. The normalized spacial score (nSPS) is 11.8. The zero-order chi connectivity index (χ0) is 17.7. The monoisotopic (exact) mass is 364 g/mol. The predicted molar refractivity (Wildman–Crippen MR) is 96.4 cm³/mol. The van der Waals surface area contributed by atoms with Gasteiger partial charge in [-0.05, 0) is 48.0 Å². The molecule has 0 aliphatic carbocycles. The Bertz CT molecular complexity index is 860. The predicted octanol–water partition coefficient (Wildman–Crippen LogP) is 3.24. The number of halogens is 1. The molecule has 0 saturated carbocycles. The molecule has 5 nitrogen and oxygen atoms in total. The molecule has 0 saturated heterocycles. The molecule has 1 amide bonds. The first-order chi connectivity index (χ1) is 11.3. The fourth-order valence-electron chi connectivity index (χ4n) is 1.89. The van der Waals surface area contributed by atoms with E-state index in [1.807, 2.05) is 6.07 Å². The third-order valence-electron chi connectivity index (χ3n) is 3.18. The lowest BCUT2D eigenvalue weighted by Crippen LogP contribution is -2.22. The van der Waals surface area contributed by atoms with Crippen LogP contribution in [0.15, 0.2) is 59.5 Å². The van der Waals surface area contributed by atoms with Crippen LogP contribution in [0.2, 0.25) is 5.02 Å². The molecular weight excluding hydrogens is 348 g/mol. The lowest BCUT2D eigenvalue weighted by molar-refractivity contribution is -0.111. The fraction of sp³-hybridized carbons (Fsp3) is 0.118. The molecule has 0 unspecified atom stereocenters. The zero-order valence-corrected chi connectivity index (χ0v) is 14.8. The van der Waals surface area contributed by atoms with Crippen molar-refractivity contribution in [3.63, 3.8) is 0 Å². The van der Waals surface area contributed by atoms with Crippen LogP contribution in [0.5, 0.6) is 0 Å². The molecule has 2 rings (SSSR count). The van der Waals surface area contributed by atoms with Crippen LogP contribution in [-0.2, 0) is 14.8 Å². The maximum Gasteiger partial charge on any atom is 0.248 e. The van der Waals surface area contributed by atoms with E-state index in [4.69, 9.17) is 11.6 Å². The third kappa shape index (κ3) is 4.67. The van der Waals surface area contributed by atoms with Gasteiger partial charge in [0, 0.05) is 30.9 Å². The fourth-order valence-corrected chi connectivity index (χ4v) is 2.99. The second kappa shape index (κ2) is 7.61. The van der Waals surface area contributed by atoms with E-state index in [0.717, 1.165) is 9.87 Å². The molecule has 0 atom stereocenters. The van der Waals surface area contributed by atoms with Gasteiger partial charge in [0.05, 0.1) is 4.90 Å². The SMILES string of the molecule is CN(C)S(=O)(=O)c1ccc(NC(=O)C=Cc2cccc(Cl)c2)cc1. The van der Waals surface area contributed by atoms with Gasteiger partial charge >= 0.3 is 0 Å². The van der Waals surface area contributed by atoms with Crippen LogP contribution in [0, 0.1) is 0 Å². The highest BCUT2D eigenvalue weighted by Crippen LogP contribution is 2.17. The van der Waals surface area contributed by atoms with E-state index >= 15 is 0 Å². The molecule has 2 aromatic carbocycles. The van der Waals surface area contributed by atoms with E-state index < -0.39 is 10.0 Å². The van der Waals surface area contributed by atoms with Crippen LogP contribution in [-0.4, -0.2) is 32.7 Å². The van der Waals surface area contributed by atoms with Crippen LogP contribution >= 0.6 is 11.6 Å². The number of amides is 1. The van der Waals surface area contributed by atoms with Crippen molar-refractivity contribution in [2.45, 2.75) is 4.90 Å². The van der Waals surface area contributed by atoms with Gasteiger partial charge in [-0.15, -0.1) is 0 Å². The zero-order valence-electron chi connectivity index (χ0n) is 13.2. The second-order valence-electron chi connectivity index (χ2n) is 5.19. The van der Waals surface area contributed by atoms with Crippen LogP contribution in [0.25, 0.3) is 6.08 Å². The molecule has 0 spiro atoms. The molecule has 0 aromatic heterocycles. The number of carbonyl (C=O) groups is 1. The summed E-state index contributed by atoms with van der Waals surface area (Å²) in [4.78, 5) is 12.1. The Morgan fingerprint density at radius 1 is 1.12 bits per heavy atom. The van der Waals surface area contributed by atoms with Crippen LogP contribution in [0.1, 0.15) is 5.56 Å². The van der Waals surface area contributed by atoms with Crippen LogP contribution in [0.4, 0.5) is 5.69 Å². The molecule has 0 radical (unpaired) electrons. The Morgan fingerprint density at radius 3 is 2.38 bits per heavy atom. The number of anilines is 1. The molecule has 0 fully saturated rings.